The number of H-pyrrole nitrogens is 1. The van der Waals surface area contributed by atoms with Gasteiger partial charge < -0.3 is 30.6 Å². The molecule has 2 amide bonds. The van der Waals surface area contributed by atoms with Crippen LogP contribution in [0.3, 0.4) is 0 Å². The molecular formula is C42H42N10O10S2. The van der Waals surface area contributed by atoms with Crippen molar-refractivity contribution in [3.05, 3.63) is 141 Å². The highest BCUT2D eigenvalue weighted by molar-refractivity contribution is 7.90. The van der Waals surface area contributed by atoms with Crippen molar-refractivity contribution in [1.29, 1.82) is 0 Å². The Morgan fingerprint density at radius 3 is 2.34 bits per heavy atom. The maximum atomic E-state index is 13.8. The number of carboxylic acid groups (broad SMARTS) is 1. The maximum Gasteiger partial charge on any atom is 0.353 e. The van der Waals surface area contributed by atoms with Gasteiger partial charge in [-0.05, 0) is 74.2 Å². The highest BCUT2D eigenvalue weighted by atomic mass is 32.2. The third-order valence-corrected chi connectivity index (χ3v) is 12.1. The van der Waals surface area contributed by atoms with E-state index < -0.39 is 55.6 Å². The van der Waals surface area contributed by atoms with E-state index >= 15 is 0 Å². The molecule has 22 heteroatoms. The number of hydrazone groups is 1. The van der Waals surface area contributed by atoms with Gasteiger partial charge in [-0.1, -0.05) is 42.0 Å². The molecule has 0 radical (unpaired) electrons. The average molecular weight is 911 g/mol. The highest BCUT2D eigenvalue weighted by Gasteiger charge is 2.24. The van der Waals surface area contributed by atoms with Gasteiger partial charge in [0.05, 0.1) is 28.7 Å². The van der Waals surface area contributed by atoms with Gasteiger partial charge in [0.15, 0.2) is 11.7 Å². The SMILES string of the molecule is Cc1cc(C)c(S(=O)(=O)/N=C(\CNC(=O)c2cn(CCCNC(=O)c3ccc(N/N=C/c4ccccc4S(=O)(=O)O)nc3)c3cc(CNc4ncc[nH]4)ccc3c2=O)C(=O)O)c(C)c1. The standard InChI is InChI=1S/C42H42N10O10S2/c1-25-17-26(2)38(27(3)18-25)63(58,59)51-33(41(56)57)23-47-40(55)32-24-52(34-19-28(9-11-31(34)37(32)53)20-48-42-44-14-15-45-42)16-6-13-43-39(54)30-10-12-36(46-21-30)50-49-22-29-7-4-5-8-35(29)64(60,61)62/h4-5,7-12,14-15,17-19,21-22,24H,6,13,16,20,23H2,1-3H3,(H,43,54)(H,46,50)(H,47,55)(H,56,57)(H2,44,45,48)(H,60,61,62)/b49-22+,51-33+. The second-order valence-electron chi connectivity index (χ2n) is 14.4. The molecule has 0 saturated heterocycles. The molecule has 3 heterocycles. The number of aryl methyl sites for hydroxylation is 4. The van der Waals surface area contributed by atoms with Crippen LogP contribution in [0.1, 0.15) is 55.0 Å². The first-order chi connectivity index (χ1) is 30.4. The van der Waals surface area contributed by atoms with Gasteiger partial charge in [0.2, 0.25) is 5.43 Å². The Morgan fingerprint density at radius 1 is 0.922 bits per heavy atom. The Kier molecular flexibility index (Phi) is 14.1. The number of aromatic amines is 1. The number of aromatic nitrogens is 4. The van der Waals surface area contributed by atoms with E-state index in [1.807, 2.05) is 0 Å². The summed E-state index contributed by atoms with van der Waals surface area (Å²) in [4.78, 5) is 63.4. The number of hydrogen-bond donors (Lipinski definition) is 7. The summed E-state index contributed by atoms with van der Waals surface area (Å²) < 4.78 is 64.5. The number of pyridine rings is 2. The number of aliphatic carboxylic acids is 1. The molecule has 7 N–H and O–H groups in total. The maximum absolute atomic E-state index is 13.8. The summed E-state index contributed by atoms with van der Waals surface area (Å²) >= 11 is 0. The molecule has 0 unspecified atom stereocenters. The number of carbonyl (C=O) groups excluding carboxylic acids is 2. The van der Waals surface area contributed by atoms with E-state index in [0.717, 1.165) is 11.1 Å². The van der Waals surface area contributed by atoms with Crippen LogP contribution >= 0.6 is 0 Å². The van der Waals surface area contributed by atoms with Crippen molar-refractivity contribution in [2.24, 2.45) is 9.50 Å². The van der Waals surface area contributed by atoms with Crippen LogP contribution in [0.15, 0.2) is 116 Å². The lowest BCUT2D eigenvalue weighted by atomic mass is 10.1. The Hall–Kier alpha value is -7.56. The number of imidazole rings is 1. The molecule has 3 aromatic carbocycles. The fraction of sp³-hybridized carbons (Fsp3) is 0.190. The quantitative estimate of drug-likeness (QED) is 0.0279. The highest BCUT2D eigenvalue weighted by Crippen LogP contribution is 2.24. The van der Waals surface area contributed by atoms with E-state index in [-0.39, 0.29) is 50.8 Å². The number of carboxylic acids is 1. The van der Waals surface area contributed by atoms with Crippen LogP contribution in [-0.4, -0.2) is 88.8 Å². The average Bonchev–Trinajstić information content (AvgIpc) is 3.77. The molecule has 0 saturated carbocycles. The summed E-state index contributed by atoms with van der Waals surface area (Å²) in [5.74, 6) is -2.34. The lowest BCUT2D eigenvalue weighted by Crippen LogP contribution is -2.36. The molecule has 0 atom stereocenters. The van der Waals surface area contributed by atoms with Gasteiger partial charge in [-0.3, -0.25) is 24.4 Å². The molecule has 20 nitrogen and oxygen atoms in total. The topological polar surface area (TPSA) is 296 Å². The Morgan fingerprint density at radius 2 is 1.67 bits per heavy atom. The van der Waals surface area contributed by atoms with Crippen LogP contribution < -0.4 is 26.8 Å². The Labute approximate surface area is 366 Å². The zero-order valence-corrected chi connectivity index (χ0v) is 36.1. The number of amides is 2. The molecule has 0 bridgehead atoms. The van der Waals surface area contributed by atoms with Crippen molar-refractivity contribution >= 4 is 72.5 Å². The second kappa shape index (κ2) is 19.7. The predicted molar refractivity (Wildman–Crippen MR) is 238 cm³/mol. The molecule has 0 aliphatic heterocycles. The van der Waals surface area contributed by atoms with Gasteiger partial charge in [-0.25, -0.2) is 14.8 Å². The molecule has 0 spiro atoms. The van der Waals surface area contributed by atoms with Gasteiger partial charge >= 0.3 is 5.97 Å². The third kappa shape index (κ3) is 11.3. The van der Waals surface area contributed by atoms with Crippen LogP contribution in [0.25, 0.3) is 10.9 Å². The zero-order valence-electron chi connectivity index (χ0n) is 34.5. The molecular weight excluding hydrogens is 869 g/mol. The molecule has 6 aromatic rings. The summed E-state index contributed by atoms with van der Waals surface area (Å²) in [6, 6.07) is 17.0. The summed E-state index contributed by atoms with van der Waals surface area (Å²) in [6.45, 7) is 4.78. The summed E-state index contributed by atoms with van der Waals surface area (Å²) in [5, 5.41) is 22.3. The first-order valence-electron chi connectivity index (χ1n) is 19.3. The number of nitrogens with one attached hydrogen (secondary N) is 5. The Balaban J connectivity index is 1.16. The van der Waals surface area contributed by atoms with Gasteiger partial charge in [0, 0.05) is 55.4 Å². The minimum absolute atomic E-state index is 0.139. The largest absolute Gasteiger partial charge is 0.477 e. The first-order valence-corrected chi connectivity index (χ1v) is 22.2. The molecule has 0 fully saturated rings. The summed E-state index contributed by atoms with van der Waals surface area (Å²) in [7, 11) is -8.97. The smallest absolute Gasteiger partial charge is 0.353 e. The molecule has 0 aliphatic carbocycles. The number of nitrogens with zero attached hydrogens (tertiary/aromatic N) is 5. The van der Waals surface area contributed by atoms with E-state index in [1.54, 1.807) is 74.1 Å². The van der Waals surface area contributed by atoms with E-state index in [9.17, 15) is 45.7 Å². The van der Waals surface area contributed by atoms with Crippen molar-refractivity contribution in [2.45, 2.75) is 50.1 Å². The second-order valence-corrected chi connectivity index (χ2v) is 17.3. The number of anilines is 2. The minimum Gasteiger partial charge on any atom is -0.477 e. The number of fused-ring (bicyclic) bond motifs is 1. The number of carbonyl (C=O) groups is 3. The monoisotopic (exact) mass is 910 g/mol. The first kappa shape index (κ1) is 46.0. The number of benzene rings is 3. The van der Waals surface area contributed by atoms with Crippen LogP contribution in [0, 0.1) is 20.8 Å². The van der Waals surface area contributed by atoms with E-state index in [2.05, 4.69) is 45.8 Å². The molecule has 6 rings (SSSR count). The van der Waals surface area contributed by atoms with E-state index in [0.29, 0.717) is 35.6 Å². The summed E-state index contributed by atoms with van der Waals surface area (Å²) in [5.41, 5.74) is 3.90. The molecule has 0 aliphatic rings. The number of sulfonamides is 1. The van der Waals surface area contributed by atoms with Gasteiger partial charge in [-0.15, -0.1) is 0 Å². The molecule has 332 valence electrons. The fourth-order valence-electron chi connectivity index (χ4n) is 6.75. The van der Waals surface area contributed by atoms with Gasteiger partial charge in [0.25, 0.3) is 32.0 Å². The zero-order chi connectivity index (χ0) is 46.2. The lowest BCUT2D eigenvalue weighted by Gasteiger charge is -2.15. The predicted octanol–water partition coefficient (Wildman–Crippen LogP) is 3.81. The van der Waals surface area contributed by atoms with Gasteiger partial charge in [-0.2, -0.15) is 26.3 Å². The van der Waals surface area contributed by atoms with Crippen LogP contribution in [0.2, 0.25) is 0 Å². The number of rotatable bonds is 18. The van der Waals surface area contributed by atoms with Crippen molar-refractivity contribution in [1.82, 2.24) is 30.2 Å². The fourth-order valence-corrected chi connectivity index (χ4v) is 8.87. The lowest BCUT2D eigenvalue weighted by molar-refractivity contribution is -0.129. The van der Waals surface area contributed by atoms with Crippen molar-refractivity contribution in [3.8, 4) is 0 Å². The Bertz CT molecular complexity index is 3070. The number of hydrogen-bond acceptors (Lipinski definition) is 13. The summed E-state index contributed by atoms with van der Waals surface area (Å²) in [6.07, 6.45) is 7.37. The minimum atomic E-state index is -4.50. The molecule has 3 aromatic heterocycles. The van der Waals surface area contributed by atoms with Gasteiger partial charge in [0.1, 0.15) is 16.3 Å². The van der Waals surface area contributed by atoms with Crippen molar-refractivity contribution in [2.75, 3.05) is 23.8 Å². The third-order valence-electron chi connectivity index (χ3n) is 9.57. The van der Waals surface area contributed by atoms with E-state index in [4.69, 9.17) is 0 Å². The van der Waals surface area contributed by atoms with Crippen molar-refractivity contribution in [3.63, 3.8) is 0 Å². The van der Waals surface area contributed by atoms with Crippen molar-refractivity contribution < 1.29 is 40.9 Å². The van der Waals surface area contributed by atoms with Crippen LogP contribution in [0.4, 0.5) is 11.8 Å². The van der Waals surface area contributed by atoms with Crippen LogP contribution in [0.5, 0.6) is 0 Å². The normalized spacial score (nSPS) is 12.0. The van der Waals surface area contributed by atoms with Crippen LogP contribution in [-0.2, 0) is 38.0 Å². The van der Waals surface area contributed by atoms with E-state index in [1.165, 1.54) is 48.9 Å². The molecule has 64 heavy (non-hydrogen) atoms.